The summed E-state index contributed by atoms with van der Waals surface area (Å²) in [6, 6.07) is 9.12. The van der Waals surface area contributed by atoms with E-state index in [0.29, 0.717) is 25.4 Å². The molecule has 1 atom stereocenters. The predicted molar refractivity (Wildman–Crippen MR) is 120 cm³/mol. The maximum absolute atomic E-state index is 12.6. The minimum atomic E-state index is -1.81. The molecule has 0 bridgehead atoms. The topological polar surface area (TPSA) is 100 Å². The summed E-state index contributed by atoms with van der Waals surface area (Å²) in [5.74, 6) is -0.803. The zero-order valence-corrected chi connectivity index (χ0v) is 19.6. The molecular weight excluding hydrogens is 413 g/mol. The Bertz CT molecular complexity index is 768. The molecule has 8 nitrogen and oxygen atoms in total. The van der Waals surface area contributed by atoms with E-state index in [-0.39, 0.29) is 26.8 Å². The largest absolute Gasteiger partial charge is 0.464 e. The Morgan fingerprint density at radius 3 is 2.25 bits per heavy atom. The van der Waals surface area contributed by atoms with Gasteiger partial charge in [-0.25, -0.2) is 9.59 Å². The number of ether oxygens (including phenoxy) is 2. The summed E-state index contributed by atoms with van der Waals surface area (Å²) in [5, 5.41) is 2.42. The van der Waals surface area contributed by atoms with Crippen LogP contribution in [-0.2, 0) is 35.0 Å². The van der Waals surface area contributed by atoms with Crippen LogP contribution in [0.4, 0.5) is 4.79 Å². The number of esters is 1. The van der Waals surface area contributed by atoms with E-state index >= 15 is 0 Å². The fourth-order valence-electron chi connectivity index (χ4n) is 3.35. The Morgan fingerprint density at radius 1 is 1.06 bits per heavy atom. The van der Waals surface area contributed by atoms with E-state index in [1.807, 2.05) is 45.9 Å². The molecular formula is C23H34BNO7. The Balaban J connectivity index is 1.93. The number of unbranched alkanes of at least 4 members (excludes halogenated alkanes) is 1. The van der Waals surface area contributed by atoms with Crippen LogP contribution in [0.5, 0.6) is 0 Å². The Hall–Kier alpha value is -2.39. The molecule has 0 aromatic heterocycles. The molecule has 1 unspecified atom stereocenters. The molecule has 2 rings (SSSR count). The average Bonchev–Trinajstić information content (AvgIpc) is 2.95. The molecule has 176 valence electrons. The van der Waals surface area contributed by atoms with Crippen LogP contribution >= 0.6 is 0 Å². The molecule has 0 saturated carbocycles. The second kappa shape index (κ2) is 11.0. The first kappa shape index (κ1) is 25.9. The molecule has 1 aromatic rings. The van der Waals surface area contributed by atoms with Crippen LogP contribution in [0, 0.1) is 0 Å². The highest BCUT2D eigenvalue weighted by molar-refractivity contribution is 6.45. The van der Waals surface area contributed by atoms with Crippen LogP contribution in [0.1, 0.15) is 59.4 Å². The molecule has 1 amide bonds. The van der Waals surface area contributed by atoms with Gasteiger partial charge in [0.15, 0.2) is 11.8 Å². The number of benzene rings is 1. The van der Waals surface area contributed by atoms with Gasteiger partial charge >= 0.3 is 19.2 Å². The van der Waals surface area contributed by atoms with Crippen molar-refractivity contribution < 1.29 is 33.2 Å². The van der Waals surface area contributed by atoms with Gasteiger partial charge in [-0.15, -0.1) is 0 Å². The van der Waals surface area contributed by atoms with Crippen LogP contribution < -0.4 is 5.32 Å². The molecule has 1 heterocycles. The summed E-state index contributed by atoms with van der Waals surface area (Å²) in [6.45, 7) is 9.67. The lowest BCUT2D eigenvalue weighted by atomic mass is 9.81. The zero-order valence-electron chi connectivity index (χ0n) is 19.6. The van der Waals surface area contributed by atoms with Crippen molar-refractivity contribution in [2.45, 2.75) is 83.5 Å². The Labute approximate surface area is 190 Å². The lowest BCUT2D eigenvalue weighted by Crippen LogP contribution is -2.56. The number of hydrogen-bond donors (Lipinski definition) is 1. The van der Waals surface area contributed by atoms with Crippen LogP contribution in [0.3, 0.4) is 0 Å². The summed E-state index contributed by atoms with van der Waals surface area (Å²) in [6.07, 6.45) is 1.34. The number of alkyl carbamates (subject to hydrolysis) is 1. The highest BCUT2D eigenvalue weighted by atomic mass is 16.7. The third-order valence-corrected chi connectivity index (χ3v) is 5.94. The summed E-state index contributed by atoms with van der Waals surface area (Å²) in [5.41, 5.74) is -1.85. The lowest BCUT2D eigenvalue weighted by molar-refractivity contribution is -0.152. The first-order chi connectivity index (χ1) is 15.0. The van der Waals surface area contributed by atoms with Crippen LogP contribution in [-0.4, -0.2) is 48.8 Å². The summed E-state index contributed by atoms with van der Waals surface area (Å²) < 4.78 is 22.2. The van der Waals surface area contributed by atoms with Crippen molar-refractivity contribution >= 4 is 25.5 Å². The van der Waals surface area contributed by atoms with E-state index in [2.05, 4.69) is 5.32 Å². The van der Waals surface area contributed by atoms with Gasteiger partial charge in [-0.3, -0.25) is 5.32 Å². The molecule has 1 fully saturated rings. The highest BCUT2D eigenvalue weighted by Crippen LogP contribution is 2.38. The van der Waals surface area contributed by atoms with Crippen molar-refractivity contribution in [3.8, 4) is 0 Å². The molecule has 0 radical (unpaired) electrons. The maximum atomic E-state index is 12.6. The van der Waals surface area contributed by atoms with Gasteiger partial charge in [-0.1, -0.05) is 43.2 Å². The number of carbonyl (C=O) groups excluding carboxylic acids is 3. The van der Waals surface area contributed by atoms with Crippen molar-refractivity contribution in [1.29, 1.82) is 0 Å². The standard InChI is InChI=1S/C23H34BNO7/c1-6-29-19(27)23(17-26,25-20(28)30-16-18-12-8-7-9-13-18)14-10-11-15-24-31-21(2,3)22(4,5)32-24/h7-9,12-13,17H,6,10-11,14-16H2,1-5H3,(H,25,28). The smallest absolute Gasteiger partial charge is 0.457 e. The molecule has 1 aromatic carbocycles. The number of rotatable bonds is 11. The highest BCUT2D eigenvalue weighted by Gasteiger charge is 2.50. The van der Waals surface area contributed by atoms with Gasteiger partial charge in [0.2, 0.25) is 0 Å². The average molecular weight is 447 g/mol. The van der Waals surface area contributed by atoms with E-state index < -0.39 is 28.8 Å². The second-order valence-electron chi connectivity index (χ2n) is 8.93. The molecule has 1 N–H and O–H groups in total. The lowest BCUT2D eigenvalue weighted by Gasteiger charge is -2.32. The summed E-state index contributed by atoms with van der Waals surface area (Å²) in [7, 11) is -0.364. The number of amides is 1. The van der Waals surface area contributed by atoms with Crippen molar-refractivity contribution in [2.75, 3.05) is 6.61 Å². The Morgan fingerprint density at radius 2 is 1.69 bits per heavy atom. The molecule has 1 saturated heterocycles. The number of aldehydes is 1. The van der Waals surface area contributed by atoms with Crippen molar-refractivity contribution in [1.82, 2.24) is 5.32 Å². The first-order valence-electron chi connectivity index (χ1n) is 11.0. The SMILES string of the molecule is CCOC(=O)C(C=O)(CCCCB1OC(C)(C)C(C)(C)O1)NC(=O)OCc1ccccc1. The van der Waals surface area contributed by atoms with Crippen LogP contribution in [0.25, 0.3) is 0 Å². The van der Waals surface area contributed by atoms with Crippen LogP contribution in [0.2, 0.25) is 6.32 Å². The fraction of sp³-hybridized carbons (Fsp3) is 0.609. The number of carbonyl (C=O) groups is 3. The second-order valence-corrected chi connectivity index (χ2v) is 8.93. The van der Waals surface area contributed by atoms with Gasteiger partial charge in [0.1, 0.15) is 6.61 Å². The predicted octanol–water partition coefficient (Wildman–Crippen LogP) is 3.68. The van der Waals surface area contributed by atoms with Gasteiger partial charge in [-0.2, -0.15) is 0 Å². The minimum Gasteiger partial charge on any atom is -0.464 e. The van der Waals surface area contributed by atoms with Crippen molar-refractivity contribution in [3.05, 3.63) is 35.9 Å². The molecule has 1 aliphatic rings. The summed E-state index contributed by atoms with van der Waals surface area (Å²) in [4.78, 5) is 36.9. The van der Waals surface area contributed by atoms with E-state index in [1.54, 1.807) is 19.1 Å². The van der Waals surface area contributed by atoms with Crippen molar-refractivity contribution in [2.24, 2.45) is 0 Å². The molecule has 32 heavy (non-hydrogen) atoms. The van der Waals surface area contributed by atoms with Gasteiger partial charge in [-0.05, 0) is 52.9 Å². The number of hydrogen-bond acceptors (Lipinski definition) is 7. The first-order valence-corrected chi connectivity index (χ1v) is 11.0. The molecule has 1 aliphatic heterocycles. The van der Waals surface area contributed by atoms with E-state index in [0.717, 1.165) is 5.56 Å². The van der Waals surface area contributed by atoms with Gasteiger partial charge in [0.25, 0.3) is 0 Å². The number of nitrogens with one attached hydrogen (secondary N) is 1. The fourth-order valence-corrected chi connectivity index (χ4v) is 3.35. The maximum Gasteiger partial charge on any atom is 0.457 e. The third-order valence-electron chi connectivity index (χ3n) is 5.94. The normalized spacial score (nSPS) is 18.5. The van der Waals surface area contributed by atoms with Gasteiger partial charge in [0.05, 0.1) is 17.8 Å². The van der Waals surface area contributed by atoms with Gasteiger partial charge in [0, 0.05) is 0 Å². The van der Waals surface area contributed by atoms with Gasteiger partial charge < -0.3 is 23.6 Å². The van der Waals surface area contributed by atoms with Crippen LogP contribution in [0.15, 0.2) is 30.3 Å². The van der Waals surface area contributed by atoms with E-state index in [4.69, 9.17) is 18.8 Å². The third kappa shape index (κ3) is 6.56. The van der Waals surface area contributed by atoms with Crippen molar-refractivity contribution in [3.63, 3.8) is 0 Å². The monoisotopic (exact) mass is 447 g/mol. The Kier molecular flexibility index (Phi) is 8.86. The zero-order chi connectivity index (χ0) is 23.8. The van der Waals surface area contributed by atoms with E-state index in [1.165, 1.54) is 0 Å². The molecule has 0 spiro atoms. The van der Waals surface area contributed by atoms with E-state index in [9.17, 15) is 14.4 Å². The molecule has 9 heteroatoms. The summed E-state index contributed by atoms with van der Waals surface area (Å²) >= 11 is 0. The minimum absolute atomic E-state index is 0.0202. The molecule has 0 aliphatic carbocycles. The quantitative estimate of drug-likeness (QED) is 0.182.